The first-order valence-corrected chi connectivity index (χ1v) is 11.4. The molecule has 29 heavy (non-hydrogen) atoms. The summed E-state index contributed by atoms with van der Waals surface area (Å²) in [5.41, 5.74) is -0.0247. The van der Waals surface area contributed by atoms with Gasteiger partial charge in [0, 0.05) is 26.1 Å². The van der Waals surface area contributed by atoms with E-state index in [1.54, 1.807) is 0 Å². The van der Waals surface area contributed by atoms with Crippen LogP contribution in [0.5, 0.6) is 0 Å². The van der Waals surface area contributed by atoms with Crippen molar-refractivity contribution in [2.45, 2.75) is 43.4 Å². The lowest BCUT2D eigenvalue weighted by Gasteiger charge is -2.21. The maximum Gasteiger partial charge on any atom is 0.338 e. The molecule has 0 aliphatic carbocycles. The molecule has 3 rings (SSSR count). The summed E-state index contributed by atoms with van der Waals surface area (Å²) in [5.74, 6) is -1.73. The minimum Gasteiger partial charge on any atom is -0.452 e. The molecular weight excluding hydrogens is 420 g/mol. The van der Waals surface area contributed by atoms with Crippen LogP contribution >= 0.6 is 11.6 Å². The molecule has 0 saturated carbocycles. The Balaban J connectivity index is 1.73. The number of imide groups is 1. The summed E-state index contributed by atoms with van der Waals surface area (Å²) in [7, 11) is -3.85. The number of amides is 2. The Morgan fingerprint density at radius 1 is 1.03 bits per heavy atom. The van der Waals surface area contributed by atoms with Gasteiger partial charge in [-0.25, -0.2) is 13.2 Å². The molecule has 8 nitrogen and oxygen atoms in total. The van der Waals surface area contributed by atoms with Gasteiger partial charge >= 0.3 is 5.97 Å². The number of hydrogen-bond acceptors (Lipinski definition) is 6. The van der Waals surface area contributed by atoms with E-state index in [0.29, 0.717) is 32.5 Å². The minimum atomic E-state index is -3.85. The predicted octanol–water partition coefficient (Wildman–Crippen LogP) is 2.21. The summed E-state index contributed by atoms with van der Waals surface area (Å²) in [4.78, 5) is 36.8. The molecule has 1 aromatic rings. The topological polar surface area (TPSA) is 101 Å². The number of carbonyl (C=O) groups excluding carboxylic acids is 3. The number of rotatable bonds is 5. The maximum absolute atomic E-state index is 13.0. The molecule has 0 atom stereocenters. The number of benzene rings is 1. The molecule has 0 spiro atoms. The highest BCUT2D eigenvalue weighted by Gasteiger charge is 2.29. The zero-order valence-corrected chi connectivity index (χ0v) is 17.5. The number of nitrogens with zero attached hydrogens (tertiary/aromatic N) is 2. The van der Waals surface area contributed by atoms with Gasteiger partial charge in [0.25, 0.3) is 5.91 Å². The maximum atomic E-state index is 13.0. The summed E-state index contributed by atoms with van der Waals surface area (Å²) in [6, 6.07) is 3.85. The van der Waals surface area contributed by atoms with E-state index < -0.39 is 28.5 Å². The smallest absolute Gasteiger partial charge is 0.338 e. The zero-order valence-electron chi connectivity index (χ0n) is 15.9. The fourth-order valence-corrected chi connectivity index (χ4v) is 5.47. The van der Waals surface area contributed by atoms with Crippen molar-refractivity contribution < 1.29 is 27.5 Å². The van der Waals surface area contributed by atoms with Gasteiger partial charge < -0.3 is 4.74 Å². The summed E-state index contributed by atoms with van der Waals surface area (Å²) in [5, 5.41) is 0.0181. The zero-order chi connectivity index (χ0) is 21.0. The molecule has 0 N–H and O–H groups in total. The van der Waals surface area contributed by atoms with Crippen molar-refractivity contribution in [2.24, 2.45) is 0 Å². The molecule has 0 radical (unpaired) electrons. The molecule has 2 heterocycles. The standard InChI is InChI=1S/C19H23ClN2O6S/c20-15-8-7-14(19(25)28-13-18(24)22-11-5-6-17(22)23)12-16(15)29(26,27)21-9-3-1-2-4-10-21/h7-8,12H,1-6,9-11,13H2. The number of ether oxygens (including phenoxy) is 1. The molecule has 0 aromatic heterocycles. The number of sulfonamides is 1. The van der Waals surface area contributed by atoms with Crippen molar-refractivity contribution in [2.75, 3.05) is 26.2 Å². The second-order valence-electron chi connectivity index (χ2n) is 7.08. The number of halogens is 1. The number of hydrogen-bond donors (Lipinski definition) is 0. The Morgan fingerprint density at radius 2 is 1.72 bits per heavy atom. The molecule has 0 bridgehead atoms. The third kappa shape index (κ3) is 4.96. The van der Waals surface area contributed by atoms with E-state index in [1.807, 2.05) is 0 Å². The lowest BCUT2D eigenvalue weighted by molar-refractivity contribution is -0.143. The van der Waals surface area contributed by atoms with Crippen molar-refractivity contribution in [3.63, 3.8) is 0 Å². The van der Waals surface area contributed by atoms with E-state index >= 15 is 0 Å². The largest absolute Gasteiger partial charge is 0.452 e. The van der Waals surface area contributed by atoms with E-state index in [-0.39, 0.29) is 21.4 Å². The van der Waals surface area contributed by atoms with Crippen LogP contribution in [0.15, 0.2) is 23.1 Å². The van der Waals surface area contributed by atoms with Gasteiger partial charge in [0.05, 0.1) is 10.6 Å². The van der Waals surface area contributed by atoms with Gasteiger partial charge in [0.1, 0.15) is 4.90 Å². The molecular formula is C19H23ClN2O6S. The van der Waals surface area contributed by atoms with Crippen LogP contribution in [-0.2, 0) is 24.3 Å². The highest BCUT2D eigenvalue weighted by Crippen LogP contribution is 2.28. The van der Waals surface area contributed by atoms with Crippen molar-refractivity contribution >= 4 is 39.4 Å². The number of likely N-dealkylation sites (tertiary alicyclic amines) is 1. The predicted molar refractivity (Wildman–Crippen MR) is 105 cm³/mol. The first-order valence-electron chi connectivity index (χ1n) is 9.61. The molecule has 2 fully saturated rings. The lowest BCUT2D eigenvalue weighted by atomic mass is 10.2. The van der Waals surface area contributed by atoms with Gasteiger partial charge in [-0.05, 0) is 37.5 Å². The Hall–Kier alpha value is -1.97. The van der Waals surface area contributed by atoms with E-state index in [1.165, 1.54) is 22.5 Å². The molecule has 10 heteroatoms. The Morgan fingerprint density at radius 3 is 2.34 bits per heavy atom. The Kier molecular flexibility index (Phi) is 6.92. The van der Waals surface area contributed by atoms with Gasteiger partial charge in [-0.3, -0.25) is 14.5 Å². The normalized spacial score (nSPS) is 18.5. The number of carbonyl (C=O) groups is 3. The van der Waals surface area contributed by atoms with Crippen LogP contribution in [0.3, 0.4) is 0 Å². The molecule has 2 aliphatic rings. The van der Waals surface area contributed by atoms with E-state index in [2.05, 4.69) is 0 Å². The van der Waals surface area contributed by atoms with Crippen molar-refractivity contribution in [1.82, 2.24) is 9.21 Å². The highest BCUT2D eigenvalue weighted by molar-refractivity contribution is 7.89. The van der Waals surface area contributed by atoms with Crippen LogP contribution in [0.2, 0.25) is 5.02 Å². The van der Waals surface area contributed by atoms with E-state index in [4.69, 9.17) is 16.3 Å². The van der Waals surface area contributed by atoms with Crippen LogP contribution in [0, 0.1) is 0 Å². The van der Waals surface area contributed by atoms with Gasteiger partial charge in [-0.15, -0.1) is 0 Å². The quantitative estimate of drug-likeness (QED) is 0.648. The fourth-order valence-electron chi connectivity index (χ4n) is 3.45. The average Bonchev–Trinajstić information content (AvgIpc) is 2.94. The number of esters is 1. The van der Waals surface area contributed by atoms with Crippen molar-refractivity contribution in [1.29, 1.82) is 0 Å². The van der Waals surface area contributed by atoms with E-state index in [0.717, 1.165) is 30.6 Å². The van der Waals surface area contributed by atoms with Crippen LogP contribution in [-0.4, -0.2) is 61.6 Å². The first-order chi connectivity index (χ1) is 13.8. The van der Waals surface area contributed by atoms with Gasteiger partial charge in [0.2, 0.25) is 15.9 Å². The molecule has 0 unspecified atom stereocenters. The van der Waals surface area contributed by atoms with Crippen LogP contribution in [0.4, 0.5) is 0 Å². The summed E-state index contributed by atoms with van der Waals surface area (Å²) >= 11 is 6.12. The molecule has 2 aliphatic heterocycles. The lowest BCUT2D eigenvalue weighted by Crippen LogP contribution is -2.35. The Labute approximate surface area is 174 Å². The molecule has 1 aromatic carbocycles. The summed E-state index contributed by atoms with van der Waals surface area (Å²) < 4.78 is 32.4. The Bertz CT molecular complexity index is 909. The SMILES string of the molecule is O=C(OCC(=O)N1CCCC1=O)c1ccc(Cl)c(S(=O)(=O)N2CCCCCC2)c1. The molecule has 158 valence electrons. The van der Waals surface area contributed by atoms with Crippen molar-refractivity contribution in [3.05, 3.63) is 28.8 Å². The van der Waals surface area contributed by atoms with Gasteiger partial charge in [0.15, 0.2) is 6.61 Å². The second kappa shape index (κ2) is 9.23. The summed E-state index contributed by atoms with van der Waals surface area (Å²) in [6.07, 6.45) is 4.38. The third-order valence-electron chi connectivity index (χ3n) is 5.05. The van der Waals surface area contributed by atoms with Gasteiger partial charge in [-0.1, -0.05) is 24.4 Å². The average molecular weight is 443 g/mol. The fraction of sp³-hybridized carbons (Fsp3) is 0.526. The van der Waals surface area contributed by atoms with Crippen molar-refractivity contribution in [3.8, 4) is 0 Å². The van der Waals surface area contributed by atoms with Gasteiger partial charge in [-0.2, -0.15) is 4.31 Å². The molecule has 2 saturated heterocycles. The minimum absolute atomic E-state index is 0.0181. The molecule has 2 amide bonds. The first kappa shape index (κ1) is 21.7. The van der Waals surface area contributed by atoms with E-state index in [9.17, 15) is 22.8 Å². The van der Waals surface area contributed by atoms with Crippen LogP contribution in [0.25, 0.3) is 0 Å². The van der Waals surface area contributed by atoms with Crippen LogP contribution < -0.4 is 0 Å². The third-order valence-corrected chi connectivity index (χ3v) is 7.43. The monoisotopic (exact) mass is 442 g/mol. The highest BCUT2D eigenvalue weighted by atomic mass is 35.5. The second-order valence-corrected chi connectivity index (χ2v) is 9.40. The summed E-state index contributed by atoms with van der Waals surface area (Å²) in [6.45, 7) is 0.549. The van der Waals surface area contributed by atoms with Crippen LogP contribution in [0.1, 0.15) is 48.9 Å².